The highest BCUT2D eigenvalue weighted by molar-refractivity contribution is 6.30. The lowest BCUT2D eigenvalue weighted by atomic mass is 9.84. The van der Waals surface area contributed by atoms with Crippen molar-refractivity contribution >= 4 is 11.6 Å². The van der Waals surface area contributed by atoms with E-state index >= 15 is 0 Å². The molecular weight excluding hydrogens is 277 g/mol. The van der Waals surface area contributed by atoms with Crippen LogP contribution in [0.1, 0.15) is 37.3 Å². The van der Waals surface area contributed by atoms with Gasteiger partial charge in [0, 0.05) is 22.5 Å². The molecule has 3 nitrogen and oxygen atoms in total. The minimum absolute atomic E-state index is 0.190. The predicted molar refractivity (Wildman–Crippen MR) is 78.2 cm³/mol. The maximum Gasteiger partial charge on any atom is 0.172 e. The van der Waals surface area contributed by atoms with E-state index in [9.17, 15) is 4.39 Å². The average molecular weight is 294 g/mol. The molecule has 1 saturated carbocycles. The number of aromatic amines is 1. The third-order valence-corrected chi connectivity index (χ3v) is 4.25. The smallest absolute Gasteiger partial charge is 0.172 e. The lowest BCUT2D eigenvalue weighted by Gasteiger charge is -2.24. The minimum Gasteiger partial charge on any atom is -0.328 e. The first-order valence-corrected chi connectivity index (χ1v) is 7.28. The summed E-state index contributed by atoms with van der Waals surface area (Å²) in [7, 11) is 0. The van der Waals surface area contributed by atoms with Crippen molar-refractivity contribution in [2.24, 2.45) is 5.73 Å². The largest absolute Gasteiger partial charge is 0.328 e. The van der Waals surface area contributed by atoms with Gasteiger partial charge in [0.1, 0.15) is 5.69 Å². The molecule has 1 aromatic heterocycles. The number of nitrogens with zero attached hydrogens (tertiary/aromatic N) is 1. The van der Waals surface area contributed by atoms with Gasteiger partial charge in [-0.1, -0.05) is 23.7 Å². The van der Waals surface area contributed by atoms with Crippen molar-refractivity contribution in [1.82, 2.24) is 10.2 Å². The average Bonchev–Trinajstić information content (AvgIpc) is 2.82. The van der Waals surface area contributed by atoms with E-state index in [-0.39, 0.29) is 17.8 Å². The van der Waals surface area contributed by atoms with Crippen molar-refractivity contribution < 1.29 is 4.39 Å². The van der Waals surface area contributed by atoms with E-state index in [1.807, 2.05) is 6.07 Å². The maximum atomic E-state index is 14.6. The lowest BCUT2D eigenvalue weighted by molar-refractivity contribution is 0.382. The van der Waals surface area contributed by atoms with Crippen LogP contribution in [0, 0.1) is 5.82 Å². The number of nitrogens with two attached hydrogens (primary N) is 1. The zero-order valence-electron chi connectivity index (χ0n) is 11.1. The number of aromatic nitrogens is 2. The molecule has 0 amide bonds. The molecule has 106 valence electrons. The minimum atomic E-state index is -0.257. The molecule has 0 atom stereocenters. The van der Waals surface area contributed by atoms with Gasteiger partial charge >= 0.3 is 0 Å². The van der Waals surface area contributed by atoms with Crippen LogP contribution < -0.4 is 5.73 Å². The lowest BCUT2D eigenvalue weighted by Crippen LogP contribution is -2.26. The molecule has 0 unspecified atom stereocenters. The van der Waals surface area contributed by atoms with Gasteiger partial charge < -0.3 is 5.73 Å². The predicted octanol–water partition coefficient (Wildman–Crippen LogP) is 3.85. The second-order valence-electron chi connectivity index (χ2n) is 5.42. The van der Waals surface area contributed by atoms with E-state index in [1.54, 1.807) is 18.2 Å². The van der Waals surface area contributed by atoms with Crippen LogP contribution in [0.25, 0.3) is 11.3 Å². The first kappa shape index (κ1) is 13.6. The molecule has 5 heteroatoms. The standard InChI is InChI=1S/C15H17ClFN3/c16-11-3-1-2-10(8-11)15-13(17)14(19-20-15)9-4-6-12(18)7-5-9/h1-3,8-9,12H,4-7,18H2,(H,19,20). The van der Waals surface area contributed by atoms with E-state index < -0.39 is 0 Å². The Labute approximate surface area is 122 Å². The van der Waals surface area contributed by atoms with Crippen LogP contribution in [0.4, 0.5) is 4.39 Å². The highest BCUT2D eigenvalue weighted by Gasteiger charge is 2.26. The summed E-state index contributed by atoms with van der Waals surface area (Å²) in [4.78, 5) is 0. The fourth-order valence-corrected chi connectivity index (χ4v) is 3.04. The molecule has 2 aromatic rings. The van der Waals surface area contributed by atoms with Gasteiger partial charge in [-0.25, -0.2) is 4.39 Å². The van der Waals surface area contributed by atoms with E-state index in [4.69, 9.17) is 17.3 Å². The van der Waals surface area contributed by atoms with E-state index in [0.29, 0.717) is 22.0 Å². The van der Waals surface area contributed by atoms with Crippen molar-refractivity contribution in [2.45, 2.75) is 37.6 Å². The molecule has 1 heterocycles. The van der Waals surface area contributed by atoms with Crippen LogP contribution in [-0.4, -0.2) is 16.2 Å². The Balaban J connectivity index is 1.89. The van der Waals surface area contributed by atoms with Gasteiger partial charge in [-0.3, -0.25) is 5.10 Å². The van der Waals surface area contributed by atoms with Crippen molar-refractivity contribution in [3.8, 4) is 11.3 Å². The first-order valence-electron chi connectivity index (χ1n) is 6.90. The molecule has 0 saturated heterocycles. The molecule has 20 heavy (non-hydrogen) atoms. The quantitative estimate of drug-likeness (QED) is 0.883. The maximum absolute atomic E-state index is 14.6. The summed E-state index contributed by atoms with van der Waals surface area (Å²) in [6, 6.07) is 7.35. The van der Waals surface area contributed by atoms with Crippen LogP contribution in [0.3, 0.4) is 0 Å². The third-order valence-electron chi connectivity index (χ3n) is 4.01. The van der Waals surface area contributed by atoms with Gasteiger partial charge in [-0.05, 0) is 37.8 Å². The van der Waals surface area contributed by atoms with Crippen molar-refractivity contribution in [1.29, 1.82) is 0 Å². The summed E-state index contributed by atoms with van der Waals surface area (Å²) in [6.07, 6.45) is 3.70. The fraction of sp³-hybridized carbons (Fsp3) is 0.400. The van der Waals surface area contributed by atoms with Gasteiger partial charge in [-0.15, -0.1) is 0 Å². The molecule has 3 N–H and O–H groups in total. The van der Waals surface area contributed by atoms with Crippen LogP contribution in [0.15, 0.2) is 24.3 Å². The molecule has 1 fully saturated rings. The van der Waals surface area contributed by atoms with E-state index in [1.165, 1.54) is 0 Å². The molecule has 1 aromatic carbocycles. The SMILES string of the molecule is NC1CCC(c2[nH]nc(-c3cccc(Cl)c3)c2F)CC1. The van der Waals surface area contributed by atoms with Gasteiger partial charge in [0.2, 0.25) is 0 Å². The number of hydrogen-bond acceptors (Lipinski definition) is 2. The number of halogens is 2. The Kier molecular flexibility index (Phi) is 3.76. The molecule has 0 bridgehead atoms. The van der Waals surface area contributed by atoms with E-state index in [2.05, 4.69) is 10.2 Å². The zero-order valence-corrected chi connectivity index (χ0v) is 11.8. The topological polar surface area (TPSA) is 54.7 Å². The Morgan fingerprint density at radius 1 is 1.25 bits per heavy atom. The second kappa shape index (κ2) is 5.54. The zero-order chi connectivity index (χ0) is 14.1. The molecule has 1 aliphatic rings. The molecule has 3 rings (SSSR count). The van der Waals surface area contributed by atoms with Gasteiger partial charge in [0.15, 0.2) is 5.82 Å². The number of benzene rings is 1. The molecule has 0 aliphatic heterocycles. The first-order chi connectivity index (χ1) is 9.65. The van der Waals surface area contributed by atoms with Gasteiger partial charge in [0.05, 0.1) is 5.69 Å². The Hall–Kier alpha value is -1.39. The third kappa shape index (κ3) is 2.58. The van der Waals surface area contributed by atoms with Crippen LogP contribution in [0.2, 0.25) is 5.02 Å². The number of rotatable bonds is 2. The molecule has 0 spiro atoms. The number of nitrogens with one attached hydrogen (secondary N) is 1. The van der Waals surface area contributed by atoms with Crippen molar-refractivity contribution in [3.05, 3.63) is 40.8 Å². The van der Waals surface area contributed by atoms with Crippen LogP contribution >= 0.6 is 11.6 Å². The highest BCUT2D eigenvalue weighted by atomic mass is 35.5. The summed E-state index contributed by atoms with van der Waals surface area (Å²) >= 11 is 5.94. The summed E-state index contributed by atoms with van der Waals surface area (Å²) in [5.74, 6) is -0.0667. The highest BCUT2D eigenvalue weighted by Crippen LogP contribution is 2.35. The summed E-state index contributed by atoms with van der Waals surface area (Å²) in [6.45, 7) is 0. The van der Waals surface area contributed by atoms with Crippen LogP contribution in [-0.2, 0) is 0 Å². The van der Waals surface area contributed by atoms with Crippen LogP contribution in [0.5, 0.6) is 0 Å². The van der Waals surface area contributed by atoms with Crippen molar-refractivity contribution in [3.63, 3.8) is 0 Å². The Bertz CT molecular complexity index is 603. The molecular formula is C15H17ClFN3. The van der Waals surface area contributed by atoms with Gasteiger partial charge in [-0.2, -0.15) is 5.10 Å². The molecule has 0 radical (unpaired) electrons. The number of hydrogen-bond donors (Lipinski definition) is 2. The number of H-pyrrole nitrogens is 1. The van der Waals surface area contributed by atoms with E-state index in [0.717, 1.165) is 25.7 Å². The fourth-order valence-electron chi connectivity index (χ4n) is 2.85. The second-order valence-corrected chi connectivity index (χ2v) is 5.86. The summed E-state index contributed by atoms with van der Waals surface area (Å²) in [5.41, 5.74) is 7.54. The van der Waals surface area contributed by atoms with Crippen molar-refractivity contribution in [2.75, 3.05) is 0 Å². The van der Waals surface area contributed by atoms with Gasteiger partial charge in [0.25, 0.3) is 0 Å². The normalized spacial score (nSPS) is 22.9. The summed E-state index contributed by atoms with van der Waals surface area (Å²) < 4.78 is 14.6. The Morgan fingerprint density at radius 2 is 2.00 bits per heavy atom. The Morgan fingerprint density at radius 3 is 2.70 bits per heavy atom. The molecule has 1 aliphatic carbocycles. The summed E-state index contributed by atoms with van der Waals surface area (Å²) in [5, 5.41) is 7.58. The monoisotopic (exact) mass is 293 g/mol.